The average molecular weight is 415 g/mol. The molecule has 8 heteroatoms. The monoisotopic (exact) mass is 414 g/mol. The Labute approximate surface area is 173 Å². The second kappa shape index (κ2) is 8.41. The van der Waals surface area contributed by atoms with Gasteiger partial charge in [-0.2, -0.15) is 0 Å². The number of piperidine rings is 1. The molecular weight excluding hydrogens is 388 g/mol. The number of hydrogen-bond donors (Lipinski definition) is 0. The highest BCUT2D eigenvalue weighted by molar-refractivity contribution is 7.22. The lowest BCUT2D eigenvalue weighted by Gasteiger charge is -2.25. The van der Waals surface area contributed by atoms with Gasteiger partial charge in [-0.1, -0.05) is 30.4 Å². The first-order chi connectivity index (χ1) is 14.1. The van der Waals surface area contributed by atoms with Crippen molar-refractivity contribution in [3.8, 4) is 5.75 Å². The minimum atomic E-state index is -0.303. The first-order valence-electron chi connectivity index (χ1n) is 10.1. The molecule has 3 aromatic rings. The van der Waals surface area contributed by atoms with Crippen molar-refractivity contribution in [1.82, 2.24) is 14.1 Å². The summed E-state index contributed by atoms with van der Waals surface area (Å²) in [5.74, 6) is 0.737. The van der Waals surface area contributed by atoms with Gasteiger partial charge in [0.1, 0.15) is 10.4 Å². The van der Waals surface area contributed by atoms with Gasteiger partial charge < -0.3 is 9.64 Å². The number of methoxy groups -OCH3 is 1. The number of fused-ring (bicyclic) bond motifs is 1. The lowest BCUT2D eigenvalue weighted by atomic mass is 10.1. The maximum atomic E-state index is 13.2. The van der Waals surface area contributed by atoms with Gasteiger partial charge in [-0.05, 0) is 43.4 Å². The molecule has 0 radical (unpaired) electrons. The van der Waals surface area contributed by atoms with Gasteiger partial charge in [0.2, 0.25) is 0 Å². The van der Waals surface area contributed by atoms with Crippen molar-refractivity contribution < 1.29 is 4.74 Å². The Morgan fingerprint density at radius 1 is 1.14 bits per heavy atom. The Kier molecular flexibility index (Phi) is 5.71. The van der Waals surface area contributed by atoms with Crippen molar-refractivity contribution in [2.24, 2.45) is 0 Å². The van der Waals surface area contributed by atoms with Gasteiger partial charge in [-0.25, -0.2) is 9.78 Å². The highest BCUT2D eigenvalue weighted by atomic mass is 32.1. The van der Waals surface area contributed by atoms with Gasteiger partial charge >= 0.3 is 5.69 Å². The van der Waals surface area contributed by atoms with E-state index in [0.717, 1.165) is 48.8 Å². The molecule has 1 aliphatic heterocycles. The van der Waals surface area contributed by atoms with Crippen LogP contribution in [0.2, 0.25) is 0 Å². The molecule has 29 heavy (non-hydrogen) atoms. The third kappa shape index (κ3) is 3.81. The van der Waals surface area contributed by atoms with Crippen LogP contribution in [0.1, 0.15) is 38.2 Å². The number of rotatable bonds is 6. The van der Waals surface area contributed by atoms with Crippen molar-refractivity contribution in [3.63, 3.8) is 0 Å². The molecule has 0 aliphatic carbocycles. The van der Waals surface area contributed by atoms with Crippen molar-refractivity contribution in [2.45, 2.75) is 45.7 Å². The fourth-order valence-electron chi connectivity index (χ4n) is 3.81. The Morgan fingerprint density at radius 2 is 1.93 bits per heavy atom. The summed E-state index contributed by atoms with van der Waals surface area (Å²) in [4.78, 5) is 33.2. The maximum absolute atomic E-state index is 13.2. The lowest BCUT2D eigenvalue weighted by Crippen LogP contribution is -2.40. The molecule has 0 bridgehead atoms. The Bertz CT molecular complexity index is 1130. The van der Waals surface area contributed by atoms with Crippen molar-refractivity contribution in [1.29, 1.82) is 0 Å². The number of aromatic nitrogens is 3. The normalized spacial score (nSPS) is 14.5. The van der Waals surface area contributed by atoms with Gasteiger partial charge in [0.25, 0.3) is 5.56 Å². The summed E-state index contributed by atoms with van der Waals surface area (Å²) in [5, 5.41) is 0.838. The van der Waals surface area contributed by atoms with Crippen LogP contribution in [-0.2, 0) is 13.1 Å². The molecule has 0 atom stereocenters. The second-order valence-electron chi connectivity index (χ2n) is 7.37. The van der Waals surface area contributed by atoms with E-state index in [1.54, 1.807) is 11.7 Å². The summed E-state index contributed by atoms with van der Waals surface area (Å²) in [7, 11) is 1.62. The third-order valence-corrected chi connectivity index (χ3v) is 6.40. The lowest BCUT2D eigenvalue weighted by molar-refractivity contribution is 0.414. The number of ether oxygens (including phenoxy) is 1. The van der Waals surface area contributed by atoms with Crippen LogP contribution in [0.15, 0.2) is 33.9 Å². The molecule has 1 aromatic carbocycles. The van der Waals surface area contributed by atoms with Crippen LogP contribution in [0.25, 0.3) is 10.3 Å². The van der Waals surface area contributed by atoms with Crippen LogP contribution < -0.4 is 20.9 Å². The molecule has 0 amide bonds. The van der Waals surface area contributed by atoms with Crippen molar-refractivity contribution in [3.05, 3.63) is 50.7 Å². The number of nitrogens with zero attached hydrogens (tertiary/aromatic N) is 4. The fourth-order valence-corrected chi connectivity index (χ4v) is 4.88. The third-order valence-electron chi connectivity index (χ3n) is 5.30. The van der Waals surface area contributed by atoms with Gasteiger partial charge in [-0.15, -0.1) is 0 Å². The highest BCUT2D eigenvalue weighted by Crippen LogP contribution is 2.28. The summed E-state index contributed by atoms with van der Waals surface area (Å²) in [6.45, 7) is 4.61. The molecule has 2 aromatic heterocycles. The minimum Gasteiger partial charge on any atom is -0.497 e. The van der Waals surface area contributed by atoms with E-state index in [4.69, 9.17) is 9.72 Å². The molecule has 1 aliphatic rings. The molecule has 0 N–H and O–H groups in total. The van der Waals surface area contributed by atoms with E-state index >= 15 is 0 Å². The quantitative estimate of drug-likeness (QED) is 0.620. The number of anilines is 1. The van der Waals surface area contributed by atoms with Crippen molar-refractivity contribution >= 4 is 26.8 Å². The molecule has 0 unspecified atom stereocenters. The maximum Gasteiger partial charge on any atom is 0.333 e. The van der Waals surface area contributed by atoms with Crippen LogP contribution >= 0.6 is 11.3 Å². The van der Waals surface area contributed by atoms with Crippen LogP contribution in [0.5, 0.6) is 5.75 Å². The van der Waals surface area contributed by atoms with Gasteiger partial charge in [0.05, 0.1) is 13.7 Å². The molecule has 154 valence electrons. The highest BCUT2D eigenvalue weighted by Gasteiger charge is 2.21. The summed E-state index contributed by atoms with van der Waals surface area (Å²) in [5.41, 5.74) is 0.889. The van der Waals surface area contributed by atoms with E-state index in [9.17, 15) is 9.59 Å². The van der Waals surface area contributed by atoms with E-state index in [0.29, 0.717) is 23.4 Å². The van der Waals surface area contributed by atoms with Crippen LogP contribution in [0.3, 0.4) is 0 Å². The molecule has 7 nitrogen and oxygen atoms in total. The van der Waals surface area contributed by atoms with Crippen molar-refractivity contribution in [2.75, 3.05) is 25.1 Å². The topological polar surface area (TPSA) is 69.4 Å². The Hall–Kier alpha value is -2.61. The molecular formula is C21H26N4O3S. The van der Waals surface area contributed by atoms with E-state index in [-0.39, 0.29) is 11.2 Å². The van der Waals surface area contributed by atoms with Gasteiger partial charge in [0, 0.05) is 19.6 Å². The number of hydrogen-bond acceptors (Lipinski definition) is 6. The van der Waals surface area contributed by atoms with Crippen LogP contribution in [-0.4, -0.2) is 34.3 Å². The zero-order valence-corrected chi connectivity index (χ0v) is 17.7. The fraction of sp³-hybridized carbons (Fsp3) is 0.476. The smallest absolute Gasteiger partial charge is 0.333 e. The summed E-state index contributed by atoms with van der Waals surface area (Å²) in [6.07, 6.45) is 4.21. The van der Waals surface area contributed by atoms with Crippen LogP contribution in [0, 0.1) is 0 Å². The zero-order chi connectivity index (χ0) is 20.4. The first-order valence-corrected chi connectivity index (χ1v) is 11.0. The Morgan fingerprint density at radius 3 is 2.66 bits per heavy atom. The zero-order valence-electron chi connectivity index (χ0n) is 16.9. The molecule has 4 rings (SSSR count). The minimum absolute atomic E-state index is 0.227. The van der Waals surface area contributed by atoms with Crippen LogP contribution in [0.4, 0.5) is 5.13 Å². The van der Waals surface area contributed by atoms with E-state index in [2.05, 4.69) is 4.90 Å². The van der Waals surface area contributed by atoms with Gasteiger partial charge in [0.15, 0.2) is 10.8 Å². The van der Waals surface area contributed by atoms with E-state index < -0.39 is 0 Å². The predicted molar refractivity (Wildman–Crippen MR) is 117 cm³/mol. The standard InChI is InChI=1S/C21H26N4O3S/c1-3-10-24-19(26)17-18(22-20(29-17)23-11-5-4-6-12-23)25(21(24)27)14-15-8-7-9-16(13-15)28-2/h7-9,13H,3-6,10-12,14H2,1-2H3. The van der Waals surface area contributed by atoms with Gasteiger partial charge in [-0.3, -0.25) is 13.9 Å². The average Bonchev–Trinajstić information content (AvgIpc) is 3.20. The predicted octanol–water partition coefficient (Wildman–Crippen LogP) is 3.08. The molecule has 1 fully saturated rings. The summed E-state index contributed by atoms with van der Waals surface area (Å²) >= 11 is 1.41. The van der Waals surface area contributed by atoms with E-state index in [1.165, 1.54) is 22.3 Å². The Balaban J connectivity index is 1.86. The largest absolute Gasteiger partial charge is 0.497 e. The molecule has 1 saturated heterocycles. The SMILES string of the molecule is CCCn1c(=O)c2sc(N3CCCCC3)nc2n(Cc2cccc(OC)c2)c1=O. The summed E-state index contributed by atoms with van der Waals surface area (Å²) in [6, 6.07) is 7.63. The van der Waals surface area contributed by atoms with E-state index in [1.807, 2.05) is 31.2 Å². The number of benzene rings is 1. The molecule has 3 heterocycles. The molecule has 0 saturated carbocycles. The second-order valence-corrected chi connectivity index (χ2v) is 8.35. The first kappa shape index (κ1) is 19.7. The number of thiazole rings is 1. The summed E-state index contributed by atoms with van der Waals surface area (Å²) < 4.78 is 8.85. The molecule has 0 spiro atoms.